The van der Waals surface area contributed by atoms with Crippen LogP contribution in [0.1, 0.15) is 33.6 Å². The minimum absolute atomic E-state index is 0.846. The van der Waals surface area contributed by atoms with Gasteiger partial charge in [0.25, 0.3) is 0 Å². The Balaban J connectivity index is 2.14. The lowest BCUT2D eigenvalue weighted by Crippen LogP contribution is -2.42. The minimum atomic E-state index is 0.846. The molecule has 0 amide bonds. The summed E-state index contributed by atoms with van der Waals surface area (Å²) in [6, 6.07) is 0.846. The van der Waals surface area contributed by atoms with Crippen LogP contribution in [0.25, 0.3) is 0 Å². The summed E-state index contributed by atoms with van der Waals surface area (Å²) < 4.78 is 0. The van der Waals surface area contributed by atoms with E-state index < -0.39 is 0 Å². The lowest BCUT2D eigenvalue weighted by atomic mass is 9.78. The molecule has 2 bridgehead atoms. The Bertz CT molecular complexity index is 164. The second-order valence-corrected chi connectivity index (χ2v) is 5.05. The van der Waals surface area contributed by atoms with Gasteiger partial charge in [0.2, 0.25) is 0 Å². The van der Waals surface area contributed by atoms with Gasteiger partial charge in [0.15, 0.2) is 0 Å². The molecule has 0 aromatic rings. The monoisotopic (exact) mass is 167 g/mol. The molecule has 2 fully saturated rings. The second kappa shape index (κ2) is 3.02. The van der Waals surface area contributed by atoms with E-state index in [4.69, 9.17) is 0 Å². The highest BCUT2D eigenvalue weighted by Gasteiger charge is 2.44. The fourth-order valence-electron chi connectivity index (χ4n) is 3.50. The predicted molar refractivity (Wildman–Crippen MR) is 52.0 cm³/mol. The Labute approximate surface area is 75.9 Å². The van der Waals surface area contributed by atoms with E-state index in [0.717, 1.165) is 29.7 Å². The van der Waals surface area contributed by atoms with E-state index in [-0.39, 0.29) is 0 Å². The van der Waals surface area contributed by atoms with E-state index in [1.54, 1.807) is 0 Å². The number of nitrogens with one attached hydrogen (secondary N) is 1. The SMILES string of the molecule is CC(C)C1C2CC(C)C1CCN2. The smallest absolute Gasteiger partial charge is 0.0103 e. The van der Waals surface area contributed by atoms with Crippen LogP contribution in [0.4, 0.5) is 0 Å². The first-order valence-corrected chi connectivity index (χ1v) is 5.43. The molecule has 70 valence electrons. The van der Waals surface area contributed by atoms with E-state index in [1.165, 1.54) is 19.4 Å². The maximum atomic E-state index is 3.67. The van der Waals surface area contributed by atoms with Crippen molar-refractivity contribution in [2.24, 2.45) is 23.7 Å². The summed E-state index contributed by atoms with van der Waals surface area (Å²) in [5.74, 6) is 3.83. The van der Waals surface area contributed by atoms with Gasteiger partial charge in [-0.25, -0.2) is 0 Å². The molecule has 0 radical (unpaired) electrons. The first kappa shape index (κ1) is 8.55. The summed E-state index contributed by atoms with van der Waals surface area (Å²) in [5.41, 5.74) is 0. The van der Waals surface area contributed by atoms with Gasteiger partial charge >= 0.3 is 0 Å². The van der Waals surface area contributed by atoms with Gasteiger partial charge < -0.3 is 5.32 Å². The fourth-order valence-corrected chi connectivity index (χ4v) is 3.50. The number of fused-ring (bicyclic) bond motifs is 2. The molecule has 4 atom stereocenters. The molecule has 1 aliphatic carbocycles. The van der Waals surface area contributed by atoms with Crippen molar-refractivity contribution in [1.29, 1.82) is 0 Å². The lowest BCUT2D eigenvalue weighted by molar-refractivity contribution is 0.183. The van der Waals surface area contributed by atoms with Crippen LogP contribution in [0.15, 0.2) is 0 Å². The summed E-state index contributed by atoms with van der Waals surface area (Å²) in [7, 11) is 0. The first-order chi connectivity index (χ1) is 5.70. The summed E-state index contributed by atoms with van der Waals surface area (Å²) in [6.07, 6.45) is 2.84. The molecule has 4 unspecified atom stereocenters. The Morgan fingerprint density at radius 1 is 1.33 bits per heavy atom. The number of piperidine rings is 1. The molecule has 1 saturated carbocycles. The summed E-state index contributed by atoms with van der Waals surface area (Å²) in [6.45, 7) is 8.47. The van der Waals surface area contributed by atoms with Crippen LogP contribution in [-0.2, 0) is 0 Å². The van der Waals surface area contributed by atoms with Crippen LogP contribution in [-0.4, -0.2) is 12.6 Å². The van der Waals surface area contributed by atoms with Crippen LogP contribution in [0.2, 0.25) is 0 Å². The van der Waals surface area contributed by atoms with E-state index in [1.807, 2.05) is 0 Å². The predicted octanol–water partition coefficient (Wildman–Crippen LogP) is 2.28. The molecular formula is C11H21N. The van der Waals surface area contributed by atoms with E-state index in [0.29, 0.717) is 0 Å². The van der Waals surface area contributed by atoms with E-state index in [2.05, 4.69) is 26.1 Å². The van der Waals surface area contributed by atoms with Gasteiger partial charge in [-0.15, -0.1) is 0 Å². The molecule has 0 aromatic heterocycles. The van der Waals surface area contributed by atoms with Crippen LogP contribution in [0, 0.1) is 23.7 Å². The minimum Gasteiger partial charge on any atom is -0.314 e. The topological polar surface area (TPSA) is 12.0 Å². The third-order valence-corrected chi connectivity index (χ3v) is 3.97. The summed E-state index contributed by atoms with van der Waals surface area (Å²) in [5, 5.41) is 3.67. The molecule has 0 spiro atoms. The van der Waals surface area contributed by atoms with Gasteiger partial charge in [0.1, 0.15) is 0 Å². The third-order valence-electron chi connectivity index (χ3n) is 3.97. The largest absolute Gasteiger partial charge is 0.314 e. The molecule has 1 nitrogen and oxygen atoms in total. The number of hydrogen-bond acceptors (Lipinski definition) is 1. The van der Waals surface area contributed by atoms with Crippen LogP contribution in [0.3, 0.4) is 0 Å². The van der Waals surface area contributed by atoms with Gasteiger partial charge in [-0.2, -0.15) is 0 Å². The van der Waals surface area contributed by atoms with Crippen LogP contribution >= 0.6 is 0 Å². The Morgan fingerprint density at radius 2 is 2.08 bits per heavy atom. The van der Waals surface area contributed by atoms with Crippen molar-refractivity contribution in [1.82, 2.24) is 5.32 Å². The molecule has 2 rings (SSSR count). The Hall–Kier alpha value is -0.0400. The number of hydrogen-bond donors (Lipinski definition) is 1. The highest BCUT2D eigenvalue weighted by atomic mass is 15.0. The highest BCUT2D eigenvalue weighted by molar-refractivity contribution is 4.97. The van der Waals surface area contributed by atoms with Crippen molar-refractivity contribution >= 4 is 0 Å². The molecule has 12 heavy (non-hydrogen) atoms. The molecule has 1 saturated heterocycles. The molecule has 0 aromatic carbocycles. The van der Waals surface area contributed by atoms with Crippen molar-refractivity contribution in [3.8, 4) is 0 Å². The first-order valence-electron chi connectivity index (χ1n) is 5.43. The van der Waals surface area contributed by atoms with Crippen molar-refractivity contribution < 1.29 is 0 Å². The van der Waals surface area contributed by atoms with Crippen LogP contribution < -0.4 is 5.32 Å². The summed E-state index contributed by atoms with van der Waals surface area (Å²) in [4.78, 5) is 0. The van der Waals surface area contributed by atoms with E-state index >= 15 is 0 Å². The second-order valence-electron chi connectivity index (χ2n) is 5.05. The molecule has 1 heteroatoms. The van der Waals surface area contributed by atoms with Gasteiger partial charge in [0, 0.05) is 6.04 Å². The van der Waals surface area contributed by atoms with Crippen molar-refractivity contribution in [3.05, 3.63) is 0 Å². The zero-order valence-electron chi connectivity index (χ0n) is 8.51. The standard InChI is InChI=1S/C11H21N/c1-7(2)11-9-4-5-12-10(11)6-8(9)3/h7-12H,4-6H2,1-3H3. The van der Waals surface area contributed by atoms with Gasteiger partial charge in [-0.1, -0.05) is 20.8 Å². The molecule has 1 heterocycles. The molecule has 2 aliphatic rings. The van der Waals surface area contributed by atoms with Crippen molar-refractivity contribution in [3.63, 3.8) is 0 Å². The average Bonchev–Trinajstić information content (AvgIpc) is 2.20. The summed E-state index contributed by atoms with van der Waals surface area (Å²) >= 11 is 0. The maximum absolute atomic E-state index is 3.67. The van der Waals surface area contributed by atoms with Gasteiger partial charge in [-0.05, 0) is 43.1 Å². The van der Waals surface area contributed by atoms with Crippen molar-refractivity contribution in [2.45, 2.75) is 39.7 Å². The van der Waals surface area contributed by atoms with Crippen molar-refractivity contribution in [2.75, 3.05) is 6.54 Å². The fraction of sp³-hybridized carbons (Fsp3) is 1.00. The van der Waals surface area contributed by atoms with E-state index in [9.17, 15) is 0 Å². The third kappa shape index (κ3) is 1.19. The molecule has 1 aliphatic heterocycles. The van der Waals surface area contributed by atoms with Gasteiger partial charge in [-0.3, -0.25) is 0 Å². The average molecular weight is 167 g/mol. The number of rotatable bonds is 1. The Kier molecular flexibility index (Phi) is 2.16. The lowest BCUT2D eigenvalue weighted by Gasteiger charge is -2.34. The molecular weight excluding hydrogens is 146 g/mol. The highest BCUT2D eigenvalue weighted by Crippen LogP contribution is 2.45. The normalized spacial score (nSPS) is 47.0. The zero-order valence-corrected chi connectivity index (χ0v) is 8.51. The van der Waals surface area contributed by atoms with Gasteiger partial charge in [0.05, 0.1) is 0 Å². The Morgan fingerprint density at radius 3 is 2.58 bits per heavy atom. The maximum Gasteiger partial charge on any atom is 0.0103 e. The molecule has 1 N–H and O–H groups in total. The van der Waals surface area contributed by atoms with Crippen LogP contribution in [0.5, 0.6) is 0 Å². The quantitative estimate of drug-likeness (QED) is 0.632. The zero-order chi connectivity index (χ0) is 8.72.